The maximum Gasteiger partial charge on any atom is 0.0916 e. The molecule has 0 aromatic carbocycles. The lowest BCUT2D eigenvalue weighted by Crippen LogP contribution is -2.17. The van der Waals surface area contributed by atoms with Gasteiger partial charge in [-0.25, -0.2) is 0 Å². The third kappa shape index (κ3) is 4.02. The predicted octanol–water partition coefficient (Wildman–Crippen LogP) is 1.50. The second-order valence-electron chi connectivity index (χ2n) is 3.22. The number of halogens is 1. The summed E-state index contributed by atoms with van der Waals surface area (Å²) >= 11 is 0. The van der Waals surface area contributed by atoms with Crippen molar-refractivity contribution in [3.05, 3.63) is 0 Å². The van der Waals surface area contributed by atoms with Crippen molar-refractivity contribution in [2.75, 3.05) is 26.4 Å². The minimum Gasteiger partial charge on any atom is -0.378 e. The van der Waals surface area contributed by atoms with Crippen molar-refractivity contribution in [1.29, 1.82) is 0 Å². The molecule has 0 aromatic rings. The van der Waals surface area contributed by atoms with Gasteiger partial charge in [-0.3, -0.25) is 4.39 Å². The van der Waals surface area contributed by atoms with E-state index in [2.05, 4.69) is 5.32 Å². The highest BCUT2D eigenvalue weighted by Crippen LogP contribution is 2.09. The van der Waals surface area contributed by atoms with Crippen LogP contribution in [0.1, 0.15) is 25.7 Å². The molecule has 1 atom stereocenters. The quantitative estimate of drug-likeness (QED) is 0.654. The molecule has 0 aromatic heterocycles. The van der Waals surface area contributed by atoms with Crippen LogP contribution in [-0.4, -0.2) is 32.5 Å². The van der Waals surface area contributed by atoms with Gasteiger partial charge < -0.3 is 10.1 Å². The lowest BCUT2D eigenvalue weighted by Gasteiger charge is -2.13. The molecular formula is C9H18FNO. The smallest absolute Gasteiger partial charge is 0.0916 e. The van der Waals surface area contributed by atoms with E-state index < -0.39 is 0 Å². The van der Waals surface area contributed by atoms with E-state index in [1.54, 1.807) is 0 Å². The van der Waals surface area contributed by atoms with E-state index in [1.807, 2.05) is 0 Å². The Balaban J connectivity index is 2.04. The molecule has 1 N–H and O–H groups in total. The molecule has 1 fully saturated rings. The van der Waals surface area contributed by atoms with Crippen molar-refractivity contribution in [2.45, 2.75) is 31.8 Å². The van der Waals surface area contributed by atoms with Crippen LogP contribution in [0.15, 0.2) is 0 Å². The number of hydrogen-bond donors (Lipinski definition) is 1. The molecule has 12 heavy (non-hydrogen) atoms. The van der Waals surface area contributed by atoms with Crippen LogP contribution in [0.2, 0.25) is 0 Å². The van der Waals surface area contributed by atoms with Gasteiger partial charge in [-0.05, 0) is 38.8 Å². The number of rotatable bonds is 4. The van der Waals surface area contributed by atoms with Gasteiger partial charge in [-0.1, -0.05) is 0 Å². The summed E-state index contributed by atoms with van der Waals surface area (Å²) in [6.45, 7) is 2.47. The molecule has 2 nitrogen and oxygen atoms in total. The highest BCUT2D eigenvalue weighted by atomic mass is 19.1. The first-order valence-electron chi connectivity index (χ1n) is 4.82. The zero-order chi connectivity index (χ0) is 8.65. The summed E-state index contributed by atoms with van der Waals surface area (Å²) < 4.78 is 17.3. The topological polar surface area (TPSA) is 21.3 Å². The highest BCUT2D eigenvalue weighted by molar-refractivity contribution is 4.66. The molecule has 0 amide bonds. The summed E-state index contributed by atoms with van der Waals surface area (Å²) in [7, 11) is 0. The average molecular weight is 175 g/mol. The highest BCUT2D eigenvalue weighted by Gasteiger charge is 2.11. The van der Waals surface area contributed by atoms with Gasteiger partial charge in [0.25, 0.3) is 0 Å². The van der Waals surface area contributed by atoms with Crippen LogP contribution in [-0.2, 0) is 4.74 Å². The Bertz CT molecular complexity index is 103. The van der Waals surface area contributed by atoms with Crippen LogP contribution in [0, 0.1) is 0 Å². The largest absolute Gasteiger partial charge is 0.378 e. The van der Waals surface area contributed by atoms with Crippen LogP contribution < -0.4 is 5.32 Å². The number of ether oxygens (including phenoxy) is 1. The minimum absolute atomic E-state index is 0.259. The van der Waals surface area contributed by atoms with Crippen molar-refractivity contribution in [1.82, 2.24) is 5.32 Å². The van der Waals surface area contributed by atoms with Gasteiger partial charge in [-0.2, -0.15) is 0 Å². The van der Waals surface area contributed by atoms with Crippen LogP contribution in [0.3, 0.4) is 0 Å². The van der Waals surface area contributed by atoms with Crippen molar-refractivity contribution in [2.24, 2.45) is 0 Å². The zero-order valence-corrected chi connectivity index (χ0v) is 7.52. The maximum atomic E-state index is 11.7. The first-order valence-corrected chi connectivity index (χ1v) is 4.82. The second-order valence-corrected chi connectivity index (χ2v) is 3.22. The first kappa shape index (κ1) is 9.93. The average Bonchev–Trinajstić information content (AvgIpc) is 2.33. The summed E-state index contributed by atoms with van der Waals surface area (Å²) in [6.07, 6.45) is 4.29. The standard InChI is InChI=1S/C9H18FNO/c10-5-2-8-12-9-3-1-6-11-7-4-9/h9,11H,1-8H2. The van der Waals surface area contributed by atoms with Gasteiger partial charge >= 0.3 is 0 Å². The zero-order valence-electron chi connectivity index (χ0n) is 7.52. The number of hydrogen-bond acceptors (Lipinski definition) is 2. The third-order valence-corrected chi connectivity index (χ3v) is 2.15. The molecular weight excluding hydrogens is 157 g/mol. The van der Waals surface area contributed by atoms with Gasteiger partial charge in [0.1, 0.15) is 0 Å². The first-order chi connectivity index (χ1) is 5.93. The van der Waals surface area contributed by atoms with E-state index in [4.69, 9.17) is 4.74 Å². The monoisotopic (exact) mass is 175 g/mol. The molecule has 0 saturated carbocycles. The Morgan fingerprint density at radius 2 is 2.25 bits per heavy atom. The molecule has 1 aliphatic heterocycles. The molecule has 1 unspecified atom stereocenters. The van der Waals surface area contributed by atoms with E-state index in [9.17, 15) is 4.39 Å². The van der Waals surface area contributed by atoms with Gasteiger partial charge in [0, 0.05) is 6.61 Å². The van der Waals surface area contributed by atoms with Crippen LogP contribution in [0.25, 0.3) is 0 Å². The van der Waals surface area contributed by atoms with E-state index in [-0.39, 0.29) is 6.67 Å². The molecule has 1 heterocycles. The normalized spacial score (nSPS) is 25.2. The summed E-state index contributed by atoms with van der Waals surface area (Å²) in [4.78, 5) is 0. The fraction of sp³-hybridized carbons (Fsp3) is 1.00. The van der Waals surface area contributed by atoms with Crippen molar-refractivity contribution in [3.63, 3.8) is 0 Å². The van der Waals surface area contributed by atoms with Crippen molar-refractivity contribution >= 4 is 0 Å². The van der Waals surface area contributed by atoms with Crippen molar-refractivity contribution in [3.8, 4) is 0 Å². The maximum absolute atomic E-state index is 11.7. The minimum atomic E-state index is -0.259. The molecule has 3 heteroatoms. The third-order valence-electron chi connectivity index (χ3n) is 2.15. The summed E-state index contributed by atoms with van der Waals surface area (Å²) in [5.41, 5.74) is 0. The van der Waals surface area contributed by atoms with E-state index in [0.29, 0.717) is 19.1 Å². The van der Waals surface area contributed by atoms with Crippen LogP contribution >= 0.6 is 0 Å². The molecule has 72 valence electrons. The van der Waals surface area contributed by atoms with Gasteiger partial charge in [-0.15, -0.1) is 0 Å². The second kappa shape index (κ2) is 6.38. The summed E-state index contributed by atoms with van der Waals surface area (Å²) in [6, 6.07) is 0. The number of nitrogens with one attached hydrogen (secondary N) is 1. The Labute approximate surface area is 73.5 Å². The van der Waals surface area contributed by atoms with Gasteiger partial charge in [0.15, 0.2) is 0 Å². The summed E-state index contributed by atoms with van der Waals surface area (Å²) in [5, 5.41) is 3.31. The molecule has 0 radical (unpaired) electrons. The van der Waals surface area contributed by atoms with Crippen LogP contribution in [0.4, 0.5) is 4.39 Å². The lowest BCUT2D eigenvalue weighted by molar-refractivity contribution is 0.0414. The summed E-state index contributed by atoms with van der Waals surface area (Å²) in [5.74, 6) is 0. The molecule has 1 rings (SSSR count). The fourth-order valence-corrected chi connectivity index (χ4v) is 1.46. The Kier molecular flexibility index (Phi) is 5.28. The molecule has 1 saturated heterocycles. The van der Waals surface area contributed by atoms with Crippen LogP contribution in [0.5, 0.6) is 0 Å². The van der Waals surface area contributed by atoms with Gasteiger partial charge in [0.2, 0.25) is 0 Å². The van der Waals surface area contributed by atoms with E-state index >= 15 is 0 Å². The number of alkyl halides is 1. The Hall–Kier alpha value is -0.150. The molecule has 0 aliphatic carbocycles. The predicted molar refractivity (Wildman–Crippen MR) is 47.1 cm³/mol. The molecule has 1 aliphatic rings. The van der Waals surface area contributed by atoms with Gasteiger partial charge in [0.05, 0.1) is 12.8 Å². The SMILES string of the molecule is FCCCOC1CCCNCC1. The Morgan fingerprint density at radius 1 is 1.33 bits per heavy atom. The van der Waals surface area contributed by atoms with E-state index in [1.165, 1.54) is 6.42 Å². The van der Waals surface area contributed by atoms with Crippen molar-refractivity contribution < 1.29 is 9.13 Å². The fourth-order valence-electron chi connectivity index (χ4n) is 1.46. The molecule has 0 bridgehead atoms. The lowest BCUT2D eigenvalue weighted by atomic mass is 10.2. The van der Waals surface area contributed by atoms with E-state index in [0.717, 1.165) is 25.9 Å². The Morgan fingerprint density at radius 3 is 3.08 bits per heavy atom. The molecule has 0 spiro atoms.